The minimum absolute atomic E-state index is 0.111. The molecule has 0 aliphatic carbocycles. The first-order valence-corrected chi connectivity index (χ1v) is 7.58. The molecule has 2 rings (SSSR count). The SMILES string of the molecule is CC(C)(C)c1ccc(NC(=O)CCN2CCCC2)cc1. The number of rotatable bonds is 4. The van der Waals surface area contributed by atoms with Crippen LogP contribution in [-0.2, 0) is 10.2 Å². The number of likely N-dealkylation sites (tertiary alicyclic amines) is 1. The highest BCUT2D eigenvalue weighted by Crippen LogP contribution is 2.23. The number of amides is 1. The zero-order valence-corrected chi connectivity index (χ0v) is 12.9. The van der Waals surface area contributed by atoms with E-state index >= 15 is 0 Å². The molecule has 1 amide bonds. The Kier molecular flexibility index (Phi) is 4.81. The highest BCUT2D eigenvalue weighted by atomic mass is 16.1. The van der Waals surface area contributed by atoms with E-state index in [4.69, 9.17) is 0 Å². The molecule has 1 aromatic rings. The smallest absolute Gasteiger partial charge is 0.225 e. The van der Waals surface area contributed by atoms with Crippen LogP contribution >= 0.6 is 0 Å². The number of benzene rings is 1. The Labute approximate surface area is 122 Å². The van der Waals surface area contributed by atoms with E-state index < -0.39 is 0 Å². The van der Waals surface area contributed by atoms with Gasteiger partial charge in [-0.1, -0.05) is 32.9 Å². The van der Waals surface area contributed by atoms with Gasteiger partial charge in [-0.15, -0.1) is 0 Å². The highest BCUT2D eigenvalue weighted by molar-refractivity contribution is 5.90. The third kappa shape index (κ3) is 4.34. The van der Waals surface area contributed by atoms with E-state index in [1.807, 2.05) is 12.1 Å². The van der Waals surface area contributed by atoms with Crippen molar-refractivity contribution >= 4 is 11.6 Å². The van der Waals surface area contributed by atoms with Crippen molar-refractivity contribution in [2.45, 2.75) is 45.4 Å². The molecule has 1 heterocycles. The molecular weight excluding hydrogens is 248 g/mol. The van der Waals surface area contributed by atoms with Gasteiger partial charge in [0.15, 0.2) is 0 Å². The Morgan fingerprint density at radius 2 is 1.75 bits per heavy atom. The lowest BCUT2D eigenvalue weighted by molar-refractivity contribution is -0.116. The molecule has 1 fully saturated rings. The number of hydrogen-bond acceptors (Lipinski definition) is 2. The first-order chi connectivity index (χ1) is 9.45. The first kappa shape index (κ1) is 15.0. The molecule has 3 nitrogen and oxygen atoms in total. The van der Waals surface area contributed by atoms with Crippen molar-refractivity contribution in [2.75, 3.05) is 25.0 Å². The molecule has 110 valence electrons. The average molecular weight is 274 g/mol. The van der Waals surface area contributed by atoms with Gasteiger partial charge in [-0.2, -0.15) is 0 Å². The van der Waals surface area contributed by atoms with Gasteiger partial charge in [-0.3, -0.25) is 4.79 Å². The van der Waals surface area contributed by atoms with Gasteiger partial charge < -0.3 is 10.2 Å². The Morgan fingerprint density at radius 1 is 1.15 bits per heavy atom. The van der Waals surface area contributed by atoms with Crippen molar-refractivity contribution < 1.29 is 4.79 Å². The molecule has 1 aliphatic rings. The summed E-state index contributed by atoms with van der Waals surface area (Å²) in [5.41, 5.74) is 2.33. The fourth-order valence-corrected chi connectivity index (χ4v) is 2.54. The number of hydrogen-bond donors (Lipinski definition) is 1. The summed E-state index contributed by atoms with van der Waals surface area (Å²) < 4.78 is 0. The number of nitrogens with zero attached hydrogens (tertiary/aromatic N) is 1. The molecule has 0 saturated carbocycles. The first-order valence-electron chi connectivity index (χ1n) is 7.58. The van der Waals surface area contributed by atoms with E-state index in [1.54, 1.807) is 0 Å². The predicted octanol–water partition coefficient (Wildman–Crippen LogP) is 3.41. The van der Waals surface area contributed by atoms with Gasteiger partial charge in [0, 0.05) is 18.7 Å². The van der Waals surface area contributed by atoms with Gasteiger partial charge in [0.05, 0.1) is 0 Å². The molecule has 20 heavy (non-hydrogen) atoms. The molecular formula is C17H26N2O. The van der Waals surface area contributed by atoms with Crippen LogP contribution in [0.1, 0.15) is 45.6 Å². The van der Waals surface area contributed by atoms with Gasteiger partial charge in [-0.25, -0.2) is 0 Å². The zero-order valence-electron chi connectivity index (χ0n) is 12.9. The molecule has 1 N–H and O–H groups in total. The molecule has 1 aliphatic heterocycles. The van der Waals surface area contributed by atoms with Crippen LogP contribution in [0.4, 0.5) is 5.69 Å². The number of anilines is 1. The van der Waals surface area contributed by atoms with Crippen molar-refractivity contribution in [3.05, 3.63) is 29.8 Å². The summed E-state index contributed by atoms with van der Waals surface area (Å²) >= 11 is 0. The summed E-state index contributed by atoms with van der Waals surface area (Å²) in [6.45, 7) is 9.75. The van der Waals surface area contributed by atoms with E-state index in [0.717, 1.165) is 25.3 Å². The topological polar surface area (TPSA) is 32.3 Å². The summed E-state index contributed by atoms with van der Waals surface area (Å²) in [6.07, 6.45) is 3.13. The van der Waals surface area contributed by atoms with Gasteiger partial charge in [0.25, 0.3) is 0 Å². The van der Waals surface area contributed by atoms with Crippen LogP contribution in [-0.4, -0.2) is 30.4 Å². The van der Waals surface area contributed by atoms with Crippen LogP contribution in [0.5, 0.6) is 0 Å². The van der Waals surface area contributed by atoms with Crippen molar-refractivity contribution in [3.63, 3.8) is 0 Å². The highest BCUT2D eigenvalue weighted by Gasteiger charge is 2.14. The molecule has 1 aromatic carbocycles. The van der Waals surface area contributed by atoms with Gasteiger partial charge in [0.2, 0.25) is 5.91 Å². The second-order valence-corrected chi connectivity index (χ2v) is 6.67. The van der Waals surface area contributed by atoms with E-state index in [1.165, 1.54) is 18.4 Å². The number of carbonyl (C=O) groups excluding carboxylic acids is 1. The van der Waals surface area contributed by atoms with Crippen LogP contribution in [0.3, 0.4) is 0 Å². The second-order valence-electron chi connectivity index (χ2n) is 6.67. The Balaban J connectivity index is 1.81. The largest absolute Gasteiger partial charge is 0.326 e. The number of carbonyl (C=O) groups is 1. The average Bonchev–Trinajstić information content (AvgIpc) is 2.89. The maximum atomic E-state index is 11.9. The molecule has 0 radical (unpaired) electrons. The van der Waals surface area contributed by atoms with Gasteiger partial charge >= 0.3 is 0 Å². The molecule has 0 unspecified atom stereocenters. The molecule has 0 bridgehead atoms. The minimum Gasteiger partial charge on any atom is -0.326 e. The van der Waals surface area contributed by atoms with Crippen LogP contribution in [0.15, 0.2) is 24.3 Å². The second kappa shape index (κ2) is 6.40. The third-order valence-electron chi connectivity index (χ3n) is 3.89. The van der Waals surface area contributed by atoms with E-state index in [9.17, 15) is 4.79 Å². The lowest BCUT2D eigenvalue weighted by Crippen LogP contribution is -2.25. The maximum absolute atomic E-state index is 11.9. The summed E-state index contributed by atoms with van der Waals surface area (Å²) in [5, 5.41) is 2.98. The summed E-state index contributed by atoms with van der Waals surface area (Å²) in [5.74, 6) is 0.111. The molecule has 3 heteroatoms. The summed E-state index contributed by atoms with van der Waals surface area (Å²) in [7, 11) is 0. The molecule has 1 saturated heterocycles. The van der Waals surface area contributed by atoms with Crippen LogP contribution in [0.25, 0.3) is 0 Å². The van der Waals surface area contributed by atoms with Crippen LogP contribution in [0, 0.1) is 0 Å². The van der Waals surface area contributed by atoms with Crippen molar-refractivity contribution in [3.8, 4) is 0 Å². The van der Waals surface area contributed by atoms with E-state index in [0.29, 0.717) is 6.42 Å². The number of nitrogens with one attached hydrogen (secondary N) is 1. The van der Waals surface area contributed by atoms with Gasteiger partial charge in [0.1, 0.15) is 0 Å². The Hall–Kier alpha value is -1.35. The lowest BCUT2D eigenvalue weighted by Gasteiger charge is -2.19. The lowest BCUT2D eigenvalue weighted by atomic mass is 9.87. The van der Waals surface area contributed by atoms with Crippen LogP contribution in [0.2, 0.25) is 0 Å². The summed E-state index contributed by atoms with van der Waals surface area (Å²) in [6, 6.07) is 8.18. The van der Waals surface area contributed by atoms with E-state index in [2.05, 4.69) is 43.1 Å². The Bertz CT molecular complexity index is 439. The summed E-state index contributed by atoms with van der Waals surface area (Å²) in [4.78, 5) is 14.3. The van der Waals surface area contributed by atoms with Crippen LogP contribution < -0.4 is 5.32 Å². The zero-order chi connectivity index (χ0) is 14.6. The molecule has 0 atom stereocenters. The third-order valence-corrected chi connectivity index (χ3v) is 3.89. The molecule has 0 aromatic heterocycles. The fraction of sp³-hybridized carbons (Fsp3) is 0.588. The van der Waals surface area contributed by atoms with Crippen molar-refractivity contribution in [2.24, 2.45) is 0 Å². The monoisotopic (exact) mass is 274 g/mol. The standard InChI is InChI=1S/C17H26N2O/c1-17(2,3)14-6-8-15(9-7-14)18-16(20)10-13-19-11-4-5-12-19/h6-9H,4-5,10-13H2,1-3H3,(H,18,20). The Morgan fingerprint density at radius 3 is 2.30 bits per heavy atom. The van der Waals surface area contributed by atoms with E-state index in [-0.39, 0.29) is 11.3 Å². The normalized spacial score (nSPS) is 16.4. The van der Waals surface area contributed by atoms with Crippen molar-refractivity contribution in [1.82, 2.24) is 4.90 Å². The molecule has 0 spiro atoms. The minimum atomic E-state index is 0.111. The fourth-order valence-electron chi connectivity index (χ4n) is 2.54. The maximum Gasteiger partial charge on any atom is 0.225 e. The quantitative estimate of drug-likeness (QED) is 0.912. The van der Waals surface area contributed by atoms with Gasteiger partial charge in [-0.05, 0) is 49.0 Å². The van der Waals surface area contributed by atoms with Crippen molar-refractivity contribution in [1.29, 1.82) is 0 Å². The predicted molar refractivity (Wildman–Crippen MR) is 84.1 cm³/mol.